The first-order chi connectivity index (χ1) is 27.5. The Labute approximate surface area is 354 Å². The van der Waals surface area contributed by atoms with Crippen LogP contribution in [-0.4, -0.2) is 14.1 Å². The van der Waals surface area contributed by atoms with Gasteiger partial charge in [-0.3, -0.25) is 0 Å². The third kappa shape index (κ3) is 12.0. The van der Waals surface area contributed by atoms with Gasteiger partial charge in [-0.1, -0.05) is 88.1 Å². The van der Waals surface area contributed by atoms with E-state index in [0.717, 1.165) is 40.5 Å². The van der Waals surface area contributed by atoms with E-state index in [2.05, 4.69) is 104 Å². The van der Waals surface area contributed by atoms with Crippen LogP contribution in [0.4, 0.5) is 28.4 Å². The summed E-state index contributed by atoms with van der Waals surface area (Å²) in [6.07, 6.45) is 20.7. The second-order valence-corrected chi connectivity index (χ2v) is 18.4. The van der Waals surface area contributed by atoms with Crippen LogP contribution in [0.5, 0.6) is 0 Å². The van der Waals surface area contributed by atoms with Crippen molar-refractivity contribution in [3.05, 3.63) is 109 Å². The molecule has 0 spiro atoms. The number of anilines is 5. The maximum atomic E-state index is 6.09. The molecule has 0 amide bonds. The molecule has 3 aliphatic carbocycles. The van der Waals surface area contributed by atoms with Gasteiger partial charge in [-0.25, -0.2) is 0 Å². The second-order valence-electron chi connectivity index (χ2n) is 18.4. The predicted molar refractivity (Wildman–Crippen MR) is 258 cm³/mol. The minimum Gasteiger partial charge on any atom is -0.399 e. The van der Waals surface area contributed by atoms with Crippen molar-refractivity contribution in [2.75, 3.05) is 41.9 Å². The van der Waals surface area contributed by atoms with Gasteiger partial charge in [-0.2, -0.15) is 0 Å². The van der Waals surface area contributed by atoms with Crippen LogP contribution in [0.3, 0.4) is 0 Å². The molecule has 3 aliphatic rings. The van der Waals surface area contributed by atoms with E-state index < -0.39 is 0 Å². The fraction of sp³-hybridized carbons (Fsp3) is 0.547. The van der Waals surface area contributed by atoms with E-state index >= 15 is 0 Å². The van der Waals surface area contributed by atoms with Crippen molar-refractivity contribution in [1.82, 2.24) is 0 Å². The predicted octanol–water partition coefficient (Wildman–Crippen LogP) is 14.1. The molecule has 0 bridgehead atoms. The summed E-state index contributed by atoms with van der Waals surface area (Å²) in [6, 6.07) is 15.3. The molecule has 0 aromatic heterocycles. The molecule has 58 heavy (non-hydrogen) atoms. The molecular formula is C53H81N5. The van der Waals surface area contributed by atoms with Gasteiger partial charge in [0.2, 0.25) is 0 Å². The topological polar surface area (TPSA) is 107 Å². The summed E-state index contributed by atoms with van der Waals surface area (Å²) in [7, 11) is 4.09. The summed E-state index contributed by atoms with van der Waals surface area (Å²) in [4.78, 5) is 2.11. The molecule has 318 valence electrons. The number of aryl methyl sites for hydroxylation is 6. The van der Waals surface area contributed by atoms with E-state index in [1.807, 2.05) is 20.2 Å². The van der Waals surface area contributed by atoms with Crippen LogP contribution in [0, 0.1) is 62.3 Å². The average Bonchev–Trinajstić information content (AvgIpc) is 3.21. The van der Waals surface area contributed by atoms with Crippen LogP contribution >= 0.6 is 0 Å². The Morgan fingerprint density at radius 1 is 0.397 bits per heavy atom. The van der Waals surface area contributed by atoms with Gasteiger partial charge < -0.3 is 27.8 Å². The molecule has 5 heteroatoms. The zero-order chi connectivity index (χ0) is 42.7. The monoisotopic (exact) mass is 788 g/mol. The molecule has 4 aromatic carbocycles. The summed E-state index contributed by atoms with van der Waals surface area (Å²) in [5, 5.41) is 0. The lowest BCUT2D eigenvalue weighted by Crippen LogP contribution is -2.13. The highest BCUT2D eigenvalue weighted by Crippen LogP contribution is 2.39. The Balaban J connectivity index is 0.000000171. The van der Waals surface area contributed by atoms with Crippen LogP contribution in [0.1, 0.15) is 181 Å². The minimum atomic E-state index is 0.765. The quantitative estimate of drug-likeness (QED) is 0.154. The zero-order valence-electron chi connectivity index (χ0n) is 38.6. The summed E-state index contributed by atoms with van der Waals surface area (Å²) in [5.74, 6) is 2.30. The van der Waals surface area contributed by atoms with Gasteiger partial charge in [-0.15, -0.1) is 0 Å². The van der Waals surface area contributed by atoms with Crippen molar-refractivity contribution in [1.29, 1.82) is 0 Å². The first-order valence-electron chi connectivity index (χ1n) is 22.6. The van der Waals surface area contributed by atoms with E-state index in [1.165, 1.54) is 169 Å². The van der Waals surface area contributed by atoms with Crippen LogP contribution in [0.25, 0.3) is 0 Å². The molecule has 3 fully saturated rings. The van der Waals surface area contributed by atoms with Crippen molar-refractivity contribution < 1.29 is 0 Å². The number of hydrogen-bond acceptors (Lipinski definition) is 5. The van der Waals surface area contributed by atoms with Gasteiger partial charge in [0.25, 0.3) is 0 Å². The lowest BCUT2D eigenvalue weighted by atomic mass is 9.80. The van der Waals surface area contributed by atoms with Crippen molar-refractivity contribution in [2.45, 2.75) is 176 Å². The summed E-state index contributed by atoms with van der Waals surface area (Å²) in [5.41, 5.74) is 45.2. The van der Waals surface area contributed by atoms with Crippen LogP contribution in [-0.2, 0) is 0 Å². The number of nitrogens with zero attached hydrogens (tertiary/aromatic N) is 1. The molecular weight excluding hydrogens is 707 g/mol. The maximum Gasteiger partial charge on any atom is 0.0441 e. The van der Waals surface area contributed by atoms with E-state index in [-0.39, 0.29) is 0 Å². The zero-order valence-corrected chi connectivity index (χ0v) is 38.6. The number of nitrogens with two attached hydrogens (primary N) is 4. The first-order valence-corrected chi connectivity index (χ1v) is 22.6. The Morgan fingerprint density at radius 2 is 0.862 bits per heavy atom. The Hall–Kier alpha value is -4.12. The van der Waals surface area contributed by atoms with Crippen molar-refractivity contribution in [2.24, 2.45) is 0 Å². The fourth-order valence-electron chi connectivity index (χ4n) is 10.3. The largest absolute Gasteiger partial charge is 0.399 e. The summed E-state index contributed by atoms with van der Waals surface area (Å²) in [6.45, 7) is 19.2. The molecule has 0 unspecified atom stereocenters. The Bertz CT molecular complexity index is 1920. The fourth-order valence-corrected chi connectivity index (χ4v) is 10.3. The molecule has 8 N–H and O–H groups in total. The molecule has 0 heterocycles. The maximum absolute atomic E-state index is 6.09. The van der Waals surface area contributed by atoms with Crippen LogP contribution in [0.15, 0.2) is 42.5 Å². The number of hydrogen-bond donors (Lipinski definition) is 4. The van der Waals surface area contributed by atoms with E-state index in [0.29, 0.717) is 0 Å². The standard InChI is InChI=1S/3C14H21N.C11H18N2/c1-10-8-11(2)14(15)9-13(10)12-6-4-3-5-7-12;1-10-8-9-13(15)11(2)14(10)12-6-4-3-5-7-12;1-10-8-9-13(11(2)14(10)15)12-6-4-3-5-7-12;1-7-6-8(2)11(13(4)5)9(3)10(7)12/h3*8-9,12H,3-7,15H2,1-2H3;6H,12H2,1-5H3. The molecule has 0 radical (unpaired) electrons. The second kappa shape index (κ2) is 21.8. The van der Waals surface area contributed by atoms with Crippen molar-refractivity contribution in [3.63, 3.8) is 0 Å². The number of nitrogen functional groups attached to an aromatic ring is 4. The van der Waals surface area contributed by atoms with Gasteiger partial charge in [0.1, 0.15) is 0 Å². The highest BCUT2D eigenvalue weighted by molar-refractivity contribution is 5.70. The Kier molecular flexibility index (Phi) is 17.5. The van der Waals surface area contributed by atoms with Crippen molar-refractivity contribution >= 4 is 28.4 Å². The van der Waals surface area contributed by atoms with Crippen LogP contribution < -0.4 is 27.8 Å². The van der Waals surface area contributed by atoms with E-state index in [9.17, 15) is 0 Å². The molecule has 4 aromatic rings. The molecule has 0 saturated heterocycles. The molecule has 3 saturated carbocycles. The molecule has 5 nitrogen and oxygen atoms in total. The molecule has 7 rings (SSSR count). The van der Waals surface area contributed by atoms with Gasteiger partial charge in [0.05, 0.1) is 0 Å². The third-order valence-electron chi connectivity index (χ3n) is 13.7. The third-order valence-corrected chi connectivity index (χ3v) is 13.7. The lowest BCUT2D eigenvalue weighted by molar-refractivity contribution is 0.441. The molecule has 0 aliphatic heterocycles. The van der Waals surface area contributed by atoms with E-state index in [1.54, 1.807) is 0 Å². The number of rotatable bonds is 4. The van der Waals surface area contributed by atoms with Gasteiger partial charge >= 0.3 is 0 Å². The van der Waals surface area contributed by atoms with Crippen molar-refractivity contribution in [3.8, 4) is 0 Å². The highest BCUT2D eigenvalue weighted by atomic mass is 15.1. The minimum absolute atomic E-state index is 0.765. The lowest BCUT2D eigenvalue weighted by Gasteiger charge is -2.26. The van der Waals surface area contributed by atoms with E-state index in [4.69, 9.17) is 22.9 Å². The average molecular weight is 788 g/mol. The molecule has 0 atom stereocenters. The van der Waals surface area contributed by atoms with Gasteiger partial charge in [0.15, 0.2) is 0 Å². The smallest absolute Gasteiger partial charge is 0.0441 e. The summed E-state index contributed by atoms with van der Waals surface area (Å²) < 4.78 is 0. The summed E-state index contributed by atoms with van der Waals surface area (Å²) >= 11 is 0. The van der Waals surface area contributed by atoms with Gasteiger partial charge in [-0.05, 0) is 197 Å². The SMILES string of the molecule is Cc1cc(C)c(C2CCCCC2)cc1N.Cc1cc(C)c(N(C)C)c(C)c1N.Cc1ccc(C2CCCCC2)c(C)c1N.Cc1ccc(N)c(C)c1C1CCCCC1. The first kappa shape index (κ1) is 46.6. The highest BCUT2D eigenvalue weighted by Gasteiger charge is 2.21. The normalized spacial score (nSPS) is 16.3. The van der Waals surface area contributed by atoms with Gasteiger partial charge in [0, 0.05) is 42.5 Å². The number of benzene rings is 4. The van der Waals surface area contributed by atoms with Crippen LogP contribution in [0.2, 0.25) is 0 Å². The Morgan fingerprint density at radius 3 is 1.40 bits per heavy atom.